The van der Waals surface area contributed by atoms with E-state index < -0.39 is 0 Å². The molecule has 3 aromatic rings. The first kappa shape index (κ1) is 16.5. The van der Waals surface area contributed by atoms with Gasteiger partial charge < -0.3 is 15.1 Å². The minimum Gasteiger partial charge on any atom is -0.369 e. The van der Waals surface area contributed by atoms with Crippen molar-refractivity contribution in [1.29, 1.82) is 0 Å². The lowest BCUT2D eigenvalue weighted by atomic mass is 10.1. The molecule has 1 fully saturated rings. The van der Waals surface area contributed by atoms with Gasteiger partial charge in [0.1, 0.15) is 0 Å². The molecule has 2 heterocycles. The predicted molar refractivity (Wildman–Crippen MR) is 106 cm³/mol. The lowest BCUT2D eigenvalue weighted by Crippen LogP contribution is -2.44. The van der Waals surface area contributed by atoms with E-state index in [1.165, 1.54) is 5.69 Å². The molecule has 5 nitrogen and oxygen atoms in total. The Hall–Kier alpha value is -2.92. The molecule has 1 amide bonds. The summed E-state index contributed by atoms with van der Waals surface area (Å²) in [6.45, 7) is 4.22. The number of fused-ring (bicyclic) bond motifs is 1. The van der Waals surface area contributed by atoms with Crippen molar-refractivity contribution < 1.29 is 4.79 Å². The van der Waals surface area contributed by atoms with E-state index in [4.69, 9.17) is 0 Å². The lowest BCUT2D eigenvalue weighted by Gasteiger charge is -2.34. The summed E-state index contributed by atoms with van der Waals surface area (Å²) in [7, 11) is 2.15. The van der Waals surface area contributed by atoms with Crippen molar-refractivity contribution in [2.24, 2.45) is 0 Å². The van der Waals surface area contributed by atoms with Crippen molar-refractivity contribution in [3.05, 3.63) is 66.5 Å². The number of piperazine rings is 1. The Balaban J connectivity index is 1.49. The molecule has 0 bridgehead atoms. The van der Waals surface area contributed by atoms with Crippen molar-refractivity contribution in [3.8, 4) is 0 Å². The third-order valence-electron chi connectivity index (χ3n) is 4.92. The second kappa shape index (κ2) is 7.14. The molecule has 0 spiro atoms. The molecule has 4 rings (SSSR count). The number of carbonyl (C=O) groups excluding carboxylic acids is 1. The third kappa shape index (κ3) is 3.39. The van der Waals surface area contributed by atoms with Crippen molar-refractivity contribution in [1.82, 2.24) is 9.88 Å². The normalized spacial score (nSPS) is 15.2. The molecule has 0 saturated carbocycles. The molecular formula is C21H22N4O. The maximum atomic E-state index is 12.7. The van der Waals surface area contributed by atoms with E-state index in [1.54, 1.807) is 12.4 Å². The molecule has 5 heteroatoms. The van der Waals surface area contributed by atoms with Crippen LogP contribution < -0.4 is 10.2 Å². The van der Waals surface area contributed by atoms with Crippen molar-refractivity contribution in [2.75, 3.05) is 43.4 Å². The number of carbonyl (C=O) groups is 1. The van der Waals surface area contributed by atoms with Gasteiger partial charge >= 0.3 is 0 Å². The van der Waals surface area contributed by atoms with Crippen molar-refractivity contribution in [2.45, 2.75) is 0 Å². The predicted octanol–water partition coefficient (Wildman–Crippen LogP) is 3.24. The first-order valence-corrected chi connectivity index (χ1v) is 8.88. The molecular weight excluding hydrogens is 324 g/mol. The SMILES string of the molecule is CN1CCN(c2ccc(NC(=O)c3cccc4ccncc34)cc2)CC1. The summed E-state index contributed by atoms with van der Waals surface area (Å²) >= 11 is 0. The maximum Gasteiger partial charge on any atom is 0.256 e. The highest BCUT2D eigenvalue weighted by Gasteiger charge is 2.14. The first-order valence-electron chi connectivity index (χ1n) is 8.88. The van der Waals surface area contributed by atoms with Gasteiger partial charge in [-0.15, -0.1) is 0 Å². The fraction of sp³-hybridized carbons (Fsp3) is 0.238. The molecule has 1 aromatic heterocycles. The molecule has 2 aromatic carbocycles. The average Bonchev–Trinajstić information content (AvgIpc) is 2.69. The molecule has 1 aliphatic heterocycles. The minimum absolute atomic E-state index is 0.115. The summed E-state index contributed by atoms with van der Waals surface area (Å²) < 4.78 is 0. The summed E-state index contributed by atoms with van der Waals surface area (Å²) in [5, 5.41) is 4.87. The number of hydrogen-bond donors (Lipinski definition) is 1. The Kier molecular flexibility index (Phi) is 4.54. The van der Waals surface area contributed by atoms with E-state index in [9.17, 15) is 4.79 Å². The molecule has 0 aliphatic carbocycles. The smallest absolute Gasteiger partial charge is 0.256 e. The van der Waals surface area contributed by atoms with Crippen LogP contribution in [0.4, 0.5) is 11.4 Å². The highest BCUT2D eigenvalue weighted by Crippen LogP contribution is 2.22. The molecule has 1 N–H and O–H groups in total. The molecule has 132 valence electrons. The zero-order chi connectivity index (χ0) is 17.9. The number of hydrogen-bond acceptors (Lipinski definition) is 4. The van der Waals surface area contributed by atoms with Crippen molar-refractivity contribution in [3.63, 3.8) is 0 Å². The largest absolute Gasteiger partial charge is 0.369 e. The van der Waals surface area contributed by atoms with Gasteiger partial charge in [-0.05, 0) is 48.8 Å². The van der Waals surface area contributed by atoms with Gasteiger partial charge in [-0.3, -0.25) is 9.78 Å². The molecule has 26 heavy (non-hydrogen) atoms. The number of anilines is 2. The number of pyridine rings is 1. The lowest BCUT2D eigenvalue weighted by molar-refractivity contribution is 0.102. The van der Waals surface area contributed by atoms with Crippen LogP contribution in [0, 0.1) is 0 Å². The first-order chi connectivity index (χ1) is 12.7. The molecule has 1 aliphatic rings. The van der Waals surface area contributed by atoms with Crippen LogP contribution in [0.5, 0.6) is 0 Å². The fourth-order valence-corrected chi connectivity index (χ4v) is 3.33. The van der Waals surface area contributed by atoms with E-state index >= 15 is 0 Å². The molecule has 0 atom stereocenters. The molecule has 0 unspecified atom stereocenters. The summed E-state index contributed by atoms with van der Waals surface area (Å²) in [5.41, 5.74) is 2.64. The Morgan fingerprint density at radius 2 is 1.77 bits per heavy atom. The Labute approximate surface area is 153 Å². The molecule has 1 saturated heterocycles. The topological polar surface area (TPSA) is 48.5 Å². The Morgan fingerprint density at radius 3 is 2.54 bits per heavy atom. The summed E-state index contributed by atoms with van der Waals surface area (Å²) in [6, 6.07) is 15.7. The number of benzene rings is 2. The Morgan fingerprint density at radius 1 is 1.00 bits per heavy atom. The third-order valence-corrected chi connectivity index (χ3v) is 4.92. The van der Waals surface area contributed by atoms with Gasteiger partial charge in [-0.1, -0.05) is 12.1 Å². The van der Waals surface area contributed by atoms with Crippen LogP contribution in [0.2, 0.25) is 0 Å². The monoisotopic (exact) mass is 346 g/mol. The number of nitrogens with zero attached hydrogens (tertiary/aromatic N) is 3. The standard InChI is InChI=1S/C21H22N4O/c1-24-11-13-25(14-12-24)18-7-5-17(6-8-18)23-21(26)19-4-2-3-16-9-10-22-15-20(16)19/h2-10,15H,11-14H2,1H3,(H,23,26). The van der Waals surface area contributed by atoms with Gasteiger partial charge in [-0.2, -0.15) is 0 Å². The van der Waals surface area contributed by atoms with Crippen LogP contribution in [-0.4, -0.2) is 49.0 Å². The van der Waals surface area contributed by atoms with Gasteiger partial charge in [0.25, 0.3) is 5.91 Å². The van der Waals surface area contributed by atoms with Crippen LogP contribution in [-0.2, 0) is 0 Å². The van der Waals surface area contributed by atoms with Gasteiger partial charge in [0.15, 0.2) is 0 Å². The van der Waals surface area contributed by atoms with E-state index in [1.807, 2.05) is 36.4 Å². The van der Waals surface area contributed by atoms with Gasteiger partial charge in [0.05, 0.1) is 0 Å². The zero-order valence-electron chi connectivity index (χ0n) is 14.9. The van der Waals surface area contributed by atoms with E-state index in [-0.39, 0.29) is 5.91 Å². The van der Waals surface area contributed by atoms with E-state index in [0.717, 1.165) is 42.6 Å². The van der Waals surface area contributed by atoms with Crippen LogP contribution in [0.15, 0.2) is 60.9 Å². The number of aromatic nitrogens is 1. The van der Waals surface area contributed by atoms with Gasteiger partial charge in [0, 0.05) is 60.9 Å². The van der Waals surface area contributed by atoms with Crippen LogP contribution in [0.3, 0.4) is 0 Å². The second-order valence-electron chi connectivity index (χ2n) is 6.69. The number of nitrogens with one attached hydrogen (secondary N) is 1. The number of amides is 1. The second-order valence-corrected chi connectivity index (χ2v) is 6.69. The molecule has 0 radical (unpaired) electrons. The van der Waals surface area contributed by atoms with Crippen LogP contribution in [0.1, 0.15) is 10.4 Å². The van der Waals surface area contributed by atoms with Crippen molar-refractivity contribution >= 4 is 28.1 Å². The Bertz CT molecular complexity index is 909. The maximum absolute atomic E-state index is 12.7. The van der Waals surface area contributed by atoms with E-state index in [0.29, 0.717) is 5.56 Å². The van der Waals surface area contributed by atoms with Gasteiger partial charge in [-0.25, -0.2) is 0 Å². The minimum atomic E-state index is -0.115. The van der Waals surface area contributed by atoms with E-state index in [2.05, 4.69) is 39.3 Å². The number of rotatable bonds is 3. The zero-order valence-corrected chi connectivity index (χ0v) is 14.9. The average molecular weight is 346 g/mol. The van der Waals surface area contributed by atoms with Crippen LogP contribution in [0.25, 0.3) is 10.8 Å². The summed E-state index contributed by atoms with van der Waals surface area (Å²) in [5.74, 6) is -0.115. The fourth-order valence-electron chi connectivity index (χ4n) is 3.33. The summed E-state index contributed by atoms with van der Waals surface area (Å²) in [6.07, 6.45) is 3.47. The summed E-state index contributed by atoms with van der Waals surface area (Å²) in [4.78, 5) is 21.6. The highest BCUT2D eigenvalue weighted by atomic mass is 16.1. The van der Waals surface area contributed by atoms with Gasteiger partial charge in [0.2, 0.25) is 0 Å². The highest BCUT2D eigenvalue weighted by molar-refractivity contribution is 6.12. The number of likely N-dealkylation sites (N-methyl/N-ethyl adjacent to an activating group) is 1. The quantitative estimate of drug-likeness (QED) is 0.791. The van der Waals surface area contributed by atoms with Crippen LogP contribution >= 0.6 is 0 Å².